The van der Waals surface area contributed by atoms with E-state index < -0.39 is 0 Å². The van der Waals surface area contributed by atoms with Gasteiger partial charge in [-0.25, -0.2) is 4.79 Å². The number of nitrogens with one attached hydrogen (secondary N) is 1. The van der Waals surface area contributed by atoms with Gasteiger partial charge in [0.15, 0.2) is 11.5 Å². The van der Waals surface area contributed by atoms with E-state index >= 15 is 0 Å². The Hall–Kier alpha value is -2.15. The van der Waals surface area contributed by atoms with Gasteiger partial charge in [0, 0.05) is 38.2 Å². The van der Waals surface area contributed by atoms with Crippen LogP contribution in [0, 0.1) is 5.92 Å². The number of carbonyl (C=O) groups is 1. The summed E-state index contributed by atoms with van der Waals surface area (Å²) in [6.45, 7) is 2.12. The number of rotatable bonds is 6. The van der Waals surface area contributed by atoms with Crippen LogP contribution in [-0.2, 0) is 4.74 Å². The van der Waals surface area contributed by atoms with Gasteiger partial charge in [-0.15, -0.1) is 0 Å². The third kappa shape index (κ3) is 4.23. The Bertz CT molecular complexity index is 537. The van der Waals surface area contributed by atoms with Gasteiger partial charge in [0.25, 0.3) is 0 Å². The Morgan fingerprint density at radius 3 is 2.38 bits per heavy atom. The zero-order chi connectivity index (χ0) is 17.5. The number of piperidine rings is 1. The van der Waals surface area contributed by atoms with Crippen LogP contribution in [0.15, 0.2) is 12.1 Å². The Morgan fingerprint density at radius 1 is 1.17 bits per heavy atom. The average molecular weight is 338 g/mol. The predicted octanol–water partition coefficient (Wildman–Crippen LogP) is 2.60. The van der Waals surface area contributed by atoms with E-state index in [-0.39, 0.29) is 6.03 Å². The fraction of sp³-hybridized carbons (Fsp3) is 0.588. The van der Waals surface area contributed by atoms with Gasteiger partial charge in [0.2, 0.25) is 5.75 Å². The topological polar surface area (TPSA) is 69.3 Å². The second-order valence-electron chi connectivity index (χ2n) is 5.75. The fourth-order valence-corrected chi connectivity index (χ4v) is 2.98. The first-order valence-electron chi connectivity index (χ1n) is 7.97. The van der Waals surface area contributed by atoms with Crippen LogP contribution < -0.4 is 19.5 Å². The lowest BCUT2D eigenvalue weighted by Crippen LogP contribution is -2.43. The molecule has 0 aromatic heterocycles. The minimum Gasteiger partial charge on any atom is -0.493 e. The lowest BCUT2D eigenvalue weighted by atomic mass is 9.99. The maximum absolute atomic E-state index is 12.5. The van der Waals surface area contributed by atoms with Crippen molar-refractivity contribution in [3.63, 3.8) is 0 Å². The second kappa shape index (κ2) is 8.63. The molecule has 1 aliphatic heterocycles. The molecule has 1 saturated heterocycles. The third-order valence-corrected chi connectivity index (χ3v) is 4.12. The monoisotopic (exact) mass is 338 g/mol. The highest BCUT2D eigenvalue weighted by molar-refractivity contribution is 5.90. The lowest BCUT2D eigenvalue weighted by Gasteiger charge is -2.32. The summed E-state index contributed by atoms with van der Waals surface area (Å²) in [7, 11) is 6.32. The Balaban J connectivity index is 2.11. The molecule has 0 radical (unpaired) electrons. The first-order valence-corrected chi connectivity index (χ1v) is 7.97. The van der Waals surface area contributed by atoms with E-state index in [0.717, 1.165) is 19.4 Å². The van der Waals surface area contributed by atoms with Gasteiger partial charge in [-0.3, -0.25) is 0 Å². The van der Waals surface area contributed by atoms with E-state index in [9.17, 15) is 4.79 Å². The first kappa shape index (κ1) is 18.2. The van der Waals surface area contributed by atoms with Crippen LogP contribution in [0.3, 0.4) is 0 Å². The molecule has 24 heavy (non-hydrogen) atoms. The zero-order valence-electron chi connectivity index (χ0n) is 14.8. The summed E-state index contributed by atoms with van der Waals surface area (Å²) in [4.78, 5) is 14.3. The second-order valence-corrected chi connectivity index (χ2v) is 5.75. The average Bonchev–Trinajstić information content (AvgIpc) is 2.61. The van der Waals surface area contributed by atoms with Gasteiger partial charge in [0.1, 0.15) is 0 Å². The molecule has 0 saturated carbocycles. The summed E-state index contributed by atoms with van der Waals surface area (Å²) in [5.41, 5.74) is 0.600. The van der Waals surface area contributed by atoms with Crippen LogP contribution in [0.2, 0.25) is 0 Å². The molecule has 2 amide bonds. The number of hydrogen-bond donors (Lipinski definition) is 1. The molecule has 1 aliphatic rings. The molecule has 2 rings (SSSR count). The summed E-state index contributed by atoms with van der Waals surface area (Å²) in [5.74, 6) is 1.89. The molecule has 7 heteroatoms. The number of urea groups is 1. The summed E-state index contributed by atoms with van der Waals surface area (Å²) < 4.78 is 21.1. The van der Waals surface area contributed by atoms with Crippen molar-refractivity contribution in [2.45, 2.75) is 12.8 Å². The van der Waals surface area contributed by atoms with Crippen molar-refractivity contribution in [1.82, 2.24) is 4.90 Å². The number of methoxy groups -OCH3 is 4. The van der Waals surface area contributed by atoms with E-state index in [1.165, 1.54) is 0 Å². The van der Waals surface area contributed by atoms with Crippen molar-refractivity contribution in [3.8, 4) is 17.2 Å². The molecule has 7 nitrogen and oxygen atoms in total. The molecule has 0 bridgehead atoms. The maximum atomic E-state index is 12.5. The van der Waals surface area contributed by atoms with Gasteiger partial charge in [-0.05, 0) is 12.8 Å². The predicted molar refractivity (Wildman–Crippen MR) is 91.3 cm³/mol. The number of benzene rings is 1. The molecule has 134 valence electrons. The summed E-state index contributed by atoms with van der Waals surface area (Å²) >= 11 is 0. The molecule has 1 N–H and O–H groups in total. The highest BCUT2D eigenvalue weighted by atomic mass is 16.5. The molecule has 1 fully saturated rings. The molecule has 1 atom stereocenters. The highest BCUT2D eigenvalue weighted by Gasteiger charge is 2.24. The Kier molecular flexibility index (Phi) is 6.54. The molecular weight excluding hydrogens is 312 g/mol. The Morgan fingerprint density at radius 2 is 1.83 bits per heavy atom. The van der Waals surface area contributed by atoms with Gasteiger partial charge in [-0.2, -0.15) is 0 Å². The van der Waals surface area contributed by atoms with E-state index in [4.69, 9.17) is 18.9 Å². The van der Waals surface area contributed by atoms with Crippen LogP contribution in [0.1, 0.15) is 12.8 Å². The molecule has 1 heterocycles. The summed E-state index contributed by atoms with van der Waals surface area (Å²) in [5, 5.41) is 2.91. The Labute approximate surface area is 142 Å². The van der Waals surface area contributed by atoms with Crippen molar-refractivity contribution < 1.29 is 23.7 Å². The molecule has 0 unspecified atom stereocenters. The van der Waals surface area contributed by atoms with Crippen LogP contribution in [0.5, 0.6) is 17.2 Å². The first-order chi connectivity index (χ1) is 11.6. The van der Waals surface area contributed by atoms with Crippen molar-refractivity contribution in [2.75, 3.05) is 53.5 Å². The number of carbonyl (C=O) groups excluding carboxylic acids is 1. The smallest absolute Gasteiger partial charge is 0.321 e. The van der Waals surface area contributed by atoms with E-state index in [0.29, 0.717) is 42.0 Å². The van der Waals surface area contributed by atoms with Gasteiger partial charge in [-0.1, -0.05) is 0 Å². The zero-order valence-corrected chi connectivity index (χ0v) is 14.8. The van der Waals surface area contributed by atoms with Crippen LogP contribution in [-0.4, -0.2) is 59.1 Å². The van der Waals surface area contributed by atoms with Gasteiger partial charge >= 0.3 is 6.03 Å². The van der Waals surface area contributed by atoms with Crippen LogP contribution in [0.25, 0.3) is 0 Å². The molecule has 1 aromatic carbocycles. The fourth-order valence-electron chi connectivity index (χ4n) is 2.98. The van der Waals surface area contributed by atoms with Gasteiger partial charge < -0.3 is 29.2 Å². The summed E-state index contributed by atoms with van der Waals surface area (Å²) in [6.07, 6.45) is 2.07. The largest absolute Gasteiger partial charge is 0.493 e. The SMILES string of the molecule is COC[C@H]1CCCN(C(=O)Nc2cc(OC)c(OC)c(OC)c2)C1. The van der Waals surface area contributed by atoms with Crippen molar-refractivity contribution in [2.24, 2.45) is 5.92 Å². The molecule has 0 aliphatic carbocycles. The molecule has 1 aromatic rings. The van der Waals surface area contributed by atoms with Gasteiger partial charge in [0.05, 0.1) is 33.6 Å². The number of nitrogens with zero attached hydrogens (tertiary/aromatic N) is 1. The molecule has 0 spiro atoms. The minimum atomic E-state index is -0.134. The van der Waals surface area contributed by atoms with E-state index in [1.807, 2.05) is 4.90 Å². The van der Waals surface area contributed by atoms with Crippen LogP contribution in [0.4, 0.5) is 10.5 Å². The number of hydrogen-bond acceptors (Lipinski definition) is 5. The number of likely N-dealkylation sites (tertiary alicyclic amines) is 1. The van der Waals surface area contributed by atoms with E-state index in [1.54, 1.807) is 40.6 Å². The van der Waals surface area contributed by atoms with Crippen molar-refractivity contribution >= 4 is 11.7 Å². The quantitative estimate of drug-likeness (QED) is 0.863. The number of anilines is 1. The van der Waals surface area contributed by atoms with E-state index in [2.05, 4.69) is 5.32 Å². The van der Waals surface area contributed by atoms with Crippen molar-refractivity contribution in [1.29, 1.82) is 0 Å². The van der Waals surface area contributed by atoms with Crippen molar-refractivity contribution in [3.05, 3.63) is 12.1 Å². The maximum Gasteiger partial charge on any atom is 0.321 e. The van der Waals surface area contributed by atoms with Crippen LogP contribution >= 0.6 is 0 Å². The normalized spacial score (nSPS) is 17.3. The standard InChI is InChI=1S/C17H26N2O5/c1-21-11-12-6-5-7-19(10-12)17(20)18-13-8-14(22-2)16(24-4)15(9-13)23-3/h8-9,12H,5-7,10-11H2,1-4H3,(H,18,20)/t12-/m0/s1. The summed E-state index contributed by atoms with van der Waals surface area (Å²) in [6, 6.07) is 3.30. The third-order valence-electron chi connectivity index (χ3n) is 4.12. The molecular formula is C17H26N2O5. The lowest BCUT2D eigenvalue weighted by molar-refractivity contribution is 0.104. The number of amides is 2. The highest BCUT2D eigenvalue weighted by Crippen LogP contribution is 2.40. The minimum absolute atomic E-state index is 0.134. The number of ether oxygens (including phenoxy) is 4.